The van der Waals surface area contributed by atoms with Crippen LogP contribution in [0.5, 0.6) is 0 Å². The molecule has 0 aliphatic heterocycles. The molecule has 0 unspecified atom stereocenters. The van der Waals surface area contributed by atoms with E-state index in [1.165, 1.54) is 11.0 Å². The van der Waals surface area contributed by atoms with Crippen LogP contribution in [0.3, 0.4) is 0 Å². The molecule has 3 N–H and O–H groups in total. The highest BCUT2D eigenvalue weighted by Gasteiger charge is 2.28. The van der Waals surface area contributed by atoms with Crippen LogP contribution in [-0.2, 0) is 48.4 Å². The van der Waals surface area contributed by atoms with Gasteiger partial charge in [0.25, 0.3) is 0 Å². The van der Waals surface area contributed by atoms with Gasteiger partial charge in [-0.2, -0.15) is 0 Å². The van der Waals surface area contributed by atoms with Crippen LogP contribution in [0, 0.1) is 5.92 Å². The zero-order valence-electron chi connectivity index (χ0n) is 28.3. The van der Waals surface area contributed by atoms with Gasteiger partial charge in [0, 0.05) is 19.5 Å². The van der Waals surface area contributed by atoms with E-state index < -0.39 is 36.0 Å². The van der Waals surface area contributed by atoms with E-state index in [-0.39, 0.29) is 71.3 Å². The van der Waals surface area contributed by atoms with Gasteiger partial charge in [-0.3, -0.25) is 9.59 Å². The number of carbonyl (C=O) groups excluding carboxylic acids is 4. The number of hydrogen-bond acceptors (Lipinski definition) is 8. The van der Waals surface area contributed by atoms with Crippen molar-refractivity contribution >= 4 is 23.9 Å². The fraction of sp³-hybridized carbons (Fsp3) is 0.333. The second-order valence-corrected chi connectivity index (χ2v) is 11.6. The van der Waals surface area contributed by atoms with Gasteiger partial charge in [0.2, 0.25) is 11.8 Å². The van der Waals surface area contributed by atoms with Gasteiger partial charge in [-0.05, 0) is 29.5 Å². The summed E-state index contributed by atoms with van der Waals surface area (Å²) < 4.78 is 16.7. The fourth-order valence-corrected chi connectivity index (χ4v) is 4.96. The summed E-state index contributed by atoms with van der Waals surface area (Å²) in [7, 11) is 0. The van der Waals surface area contributed by atoms with E-state index in [1.807, 2.05) is 91.0 Å². The molecule has 3 aromatic rings. The maximum absolute atomic E-state index is 13.6. The van der Waals surface area contributed by atoms with Gasteiger partial charge in [0.05, 0.1) is 31.8 Å². The summed E-state index contributed by atoms with van der Waals surface area (Å²) in [6.45, 7) is 7.59. The van der Waals surface area contributed by atoms with E-state index in [0.717, 1.165) is 16.7 Å². The van der Waals surface area contributed by atoms with Crippen molar-refractivity contribution in [2.45, 2.75) is 51.1 Å². The molecule has 0 aromatic heterocycles. The Labute approximate surface area is 293 Å². The topological polar surface area (TPSA) is 144 Å². The van der Waals surface area contributed by atoms with Crippen LogP contribution in [0.2, 0.25) is 0 Å². The lowest BCUT2D eigenvalue weighted by atomic mass is 9.98. The molecule has 0 aliphatic rings. The predicted molar refractivity (Wildman–Crippen MR) is 189 cm³/mol. The van der Waals surface area contributed by atoms with Gasteiger partial charge in [-0.1, -0.05) is 103 Å². The average Bonchev–Trinajstić information content (AvgIpc) is 3.13. The highest BCUT2D eigenvalue weighted by molar-refractivity contribution is 5.86. The van der Waals surface area contributed by atoms with Crippen LogP contribution in [-0.4, -0.2) is 72.3 Å². The molecule has 0 saturated carbocycles. The molecule has 50 heavy (non-hydrogen) atoms. The Bertz CT molecular complexity index is 1490. The van der Waals surface area contributed by atoms with Gasteiger partial charge in [-0.15, -0.1) is 13.2 Å². The van der Waals surface area contributed by atoms with E-state index in [4.69, 9.17) is 14.2 Å². The molecule has 0 heterocycles. The minimum absolute atomic E-state index is 0.00795. The monoisotopic (exact) mass is 685 g/mol. The highest BCUT2D eigenvalue weighted by Crippen LogP contribution is 2.15. The Hall–Kier alpha value is -5.26. The van der Waals surface area contributed by atoms with Crippen LogP contribution in [0.25, 0.3) is 0 Å². The lowest BCUT2D eigenvalue weighted by Gasteiger charge is -2.26. The molecule has 11 heteroatoms. The second-order valence-electron chi connectivity index (χ2n) is 11.6. The van der Waals surface area contributed by atoms with Crippen molar-refractivity contribution in [3.8, 4) is 0 Å². The van der Waals surface area contributed by atoms with Crippen molar-refractivity contribution in [3.05, 3.63) is 133 Å². The maximum Gasteiger partial charge on any atom is 0.408 e. The molecule has 11 nitrogen and oxygen atoms in total. The first-order chi connectivity index (χ1) is 24.3. The van der Waals surface area contributed by atoms with E-state index in [1.54, 1.807) is 6.08 Å². The number of amides is 3. The smallest absolute Gasteiger partial charge is 0.408 e. The van der Waals surface area contributed by atoms with Gasteiger partial charge in [0.15, 0.2) is 0 Å². The quantitative estimate of drug-likeness (QED) is 0.102. The Morgan fingerprint density at radius 3 is 1.90 bits per heavy atom. The van der Waals surface area contributed by atoms with Crippen molar-refractivity contribution < 1.29 is 38.5 Å². The van der Waals surface area contributed by atoms with Gasteiger partial charge >= 0.3 is 12.1 Å². The number of carbonyl (C=O) groups is 4. The van der Waals surface area contributed by atoms with Crippen molar-refractivity contribution in [2.75, 3.05) is 26.4 Å². The molecular weight excluding hydrogens is 638 g/mol. The lowest BCUT2D eigenvalue weighted by Crippen LogP contribution is -2.47. The van der Waals surface area contributed by atoms with Crippen LogP contribution < -0.4 is 10.6 Å². The Morgan fingerprint density at radius 1 is 0.740 bits per heavy atom. The molecule has 3 atom stereocenters. The van der Waals surface area contributed by atoms with E-state index >= 15 is 0 Å². The molecule has 3 rings (SSSR count). The van der Waals surface area contributed by atoms with Crippen molar-refractivity contribution in [2.24, 2.45) is 5.92 Å². The first kappa shape index (κ1) is 39.2. The van der Waals surface area contributed by atoms with Crippen LogP contribution >= 0.6 is 0 Å². The minimum Gasteiger partial charge on any atom is -0.462 e. The fourth-order valence-electron chi connectivity index (χ4n) is 4.96. The first-order valence-electron chi connectivity index (χ1n) is 16.5. The number of rotatable bonds is 22. The number of nitrogens with one attached hydrogen (secondary N) is 2. The third kappa shape index (κ3) is 14.5. The maximum atomic E-state index is 13.6. The molecular formula is C39H47N3O8. The summed E-state index contributed by atoms with van der Waals surface area (Å²) in [5.41, 5.74) is 2.59. The van der Waals surface area contributed by atoms with Crippen LogP contribution in [0.4, 0.5) is 4.79 Å². The molecule has 3 aromatic carbocycles. The average molecular weight is 686 g/mol. The molecule has 0 fully saturated rings. The lowest BCUT2D eigenvalue weighted by molar-refractivity contribution is -0.148. The number of aliphatic hydroxyl groups is 1. The van der Waals surface area contributed by atoms with E-state index in [9.17, 15) is 24.3 Å². The number of esters is 1. The SMILES string of the molecule is C=CC[C@H](CC(=O)N(CCO)Cc1ccccc1)C(=O)N[C@@H](COCc1ccccc1)COC(=O)[C@@H](CC=C)NC(=O)OCc1ccccc1. The molecule has 0 saturated heterocycles. The summed E-state index contributed by atoms with van der Waals surface area (Å²) in [6.07, 6.45) is 2.41. The number of hydrogen-bond donors (Lipinski definition) is 3. The standard InChI is InChI=1S/C39H47N3O8/c1-3-14-33(24-36(44)42(22-23-43)25-30-16-8-5-9-17-30)37(45)40-34(28-48-26-31-18-10-6-11-19-31)29-49-38(46)35(15-4-2)41-39(47)50-27-32-20-12-7-13-21-32/h3-13,16-21,33-35,43H,1-2,14-15,22-29H2,(H,40,45)(H,41,47)/t33-,34+,35-/m1/s1. The zero-order chi connectivity index (χ0) is 36.0. The van der Waals surface area contributed by atoms with E-state index in [2.05, 4.69) is 23.8 Å². The number of alkyl carbamates (subject to hydrolysis) is 1. The normalized spacial score (nSPS) is 12.4. The highest BCUT2D eigenvalue weighted by atomic mass is 16.6. The molecule has 266 valence electrons. The van der Waals surface area contributed by atoms with Crippen LogP contribution in [0.1, 0.15) is 36.0 Å². The third-order valence-corrected chi connectivity index (χ3v) is 7.58. The number of ether oxygens (including phenoxy) is 3. The third-order valence-electron chi connectivity index (χ3n) is 7.58. The van der Waals surface area contributed by atoms with Crippen molar-refractivity contribution in [1.29, 1.82) is 0 Å². The molecule has 0 spiro atoms. The summed E-state index contributed by atoms with van der Waals surface area (Å²) >= 11 is 0. The largest absolute Gasteiger partial charge is 0.462 e. The number of allylic oxidation sites excluding steroid dienone is 1. The van der Waals surface area contributed by atoms with Gasteiger partial charge in [0.1, 0.15) is 19.3 Å². The Balaban J connectivity index is 1.65. The second kappa shape index (κ2) is 22.4. The van der Waals surface area contributed by atoms with Gasteiger partial charge in [-0.25, -0.2) is 9.59 Å². The molecule has 0 aliphatic carbocycles. The number of aliphatic hydroxyl groups excluding tert-OH is 1. The Morgan fingerprint density at radius 2 is 1.32 bits per heavy atom. The summed E-state index contributed by atoms with van der Waals surface area (Å²) in [5, 5.41) is 15.0. The summed E-state index contributed by atoms with van der Waals surface area (Å²) in [4.78, 5) is 54.1. The predicted octanol–water partition coefficient (Wildman–Crippen LogP) is 4.71. The van der Waals surface area contributed by atoms with Gasteiger partial charge < -0.3 is 34.9 Å². The van der Waals surface area contributed by atoms with Crippen molar-refractivity contribution in [3.63, 3.8) is 0 Å². The van der Waals surface area contributed by atoms with Crippen molar-refractivity contribution in [1.82, 2.24) is 15.5 Å². The minimum atomic E-state index is -1.08. The molecule has 0 bridgehead atoms. The van der Waals surface area contributed by atoms with Crippen LogP contribution in [0.15, 0.2) is 116 Å². The molecule has 0 radical (unpaired) electrons. The first-order valence-corrected chi connectivity index (χ1v) is 16.5. The summed E-state index contributed by atoms with van der Waals surface area (Å²) in [5.74, 6) is -2.27. The molecule has 3 amide bonds. The Kier molecular flexibility index (Phi) is 17.5. The number of benzene rings is 3. The zero-order valence-corrected chi connectivity index (χ0v) is 28.3. The summed E-state index contributed by atoms with van der Waals surface area (Å²) in [6, 6.07) is 26.1. The van der Waals surface area contributed by atoms with E-state index in [0.29, 0.717) is 0 Å². The number of nitrogens with zero attached hydrogens (tertiary/aromatic N) is 1.